The van der Waals surface area contributed by atoms with Crippen molar-refractivity contribution >= 4 is 43.5 Å². The molecule has 0 amide bonds. The van der Waals surface area contributed by atoms with Crippen LogP contribution in [0.1, 0.15) is 0 Å². The van der Waals surface area contributed by atoms with E-state index >= 15 is 0 Å². The van der Waals surface area contributed by atoms with Gasteiger partial charge >= 0.3 is 51.4 Å². The van der Waals surface area contributed by atoms with Gasteiger partial charge in [-0.05, 0) is 0 Å². The summed E-state index contributed by atoms with van der Waals surface area (Å²) >= 11 is 0. The van der Waals surface area contributed by atoms with E-state index in [0.717, 1.165) is 0 Å². The van der Waals surface area contributed by atoms with Gasteiger partial charge in [-0.25, -0.2) is 0 Å². The molecular weight excluding hydrogens is 212 g/mol. The summed E-state index contributed by atoms with van der Waals surface area (Å²) in [5, 5.41) is 0. The quantitative estimate of drug-likeness (QED) is 0.428. The van der Waals surface area contributed by atoms with Crippen molar-refractivity contribution < 1.29 is 60.3 Å². The van der Waals surface area contributed by atoms with Crippen LogP contribution >= 0.6 is 0 Å². The van der Waals surface area contributed by atoms with Crippen LogP contribution in [0.15, 0.2) is 0 Å². The van der Waals surface area contributed by atoms with Crippen LogP contribution in [0.25, 0.3) is 0 Å². The molecule has 0 aromatic heterocycles. The topological polar surface area (TPSA) is 34.1 Å². The Morgan fingerprint density at radius 1 is 1.12 bits per heavy atom. The Bertz CT molecular complexity index is 86.6. The molecule has 0 aromatic rings. The van der Waals surface area contributed by atoms with Crippen molar-refractivity contribution in [1.29, 1.82) is 0 Å². The fourth-order valence-corrected chi connectivity index (χ4v) is 12.3. The first-order valence-electron chi connectivity index (χ1n) is 1.41. The average Bonchev–Trinajstić information content (AvgIpc) is 1.27. The molecule has 0 heterocycles. The predicted octanol–water partition coefficient (Wildman–Crippen LogP) is -5.14. The van der Waals surface area contributed by atoms with E-state index in [4.69, 9.17) is 0 Å². The van der Waals surface area contributed by atoms with Crippen molar-refractivity contribution in [3.8, 4) is 0 Å². The molecule has 0 unspecified atom stereocenters. The first-order chi connectivity index (χ1) is 3.13. The molecule has 0 saturated carbocycles. The minimum atomic E-state index is -1.67. The van der Waals surface area contributed by atoms with E-state index in [1.54, 1.807) is 0 Å². The third-order valence-corrected chi connectivity index (χ3v) is 12.9. The van der Waals surface area contributed by atoms with Crippen LogP contribution < -0.4 is 51.4 Å². The fourth-order valence-electron chi connectivity index (χ4n) is 0.103. The van der Waals surface area contributed by atoms with Gasteiger partial charge < -0.3 is 8.92 Å². The van der Waals surface area contributed by atoms with Gasteiger partial charge in [-0.3, -0.25) is 0 Å². The van der Waals surface area contributed by atoms with Gasteiger partial charge in [0.2, 0.25) is 15.4 Å². The normalized spacial score (nSPS) is 7.25. The number of hydrogen-bond donors (Lipinski definition) is 0. The molecule has 0 saturated heterocycles. The summed E-state index contributed by atoms with van der Waals surface area (Å²) in [6.45, 7) is 0. The Morgan fingerprint density at radius 3 is 1.38 bits per heavy atom. The molecule has 2 nitrogen and oxygen atoms in total. The maximum absolute atomic E-state index is 10.2. The molecule has 0 aliphatic heterocycles. The maximum Gasteiger partial charge on any atom is 1.00 e. The summed E-state index contributed by atoms with van der Waals surface area (Å²) in [5.74, 6) is 0. The van der Waals surface area contributed by atoms with Crippen LogP contribution in [-0.2, 0) is 8.92 Å². The number of hydrogen-bond acceptors (Lipinski definition) is 2. The molecule has 0 atom stereocenters. The molecule has 0 spiro atoms. The van der Waals surface area contributed by atoms with Gasteiger partial charge in [0, 0.05) is 0 Å². The van der Waals surface area contributed by atoms with Gasteiger partial charge in [0.25, 0.3) is 0 Å². The van der Waals surface area contributed by atoms with Crippen molar-refractivity contribution in [3.05, 3.63) is 0 Å². The van der Waals surface area contributed by atoms with E-state index in [-0.39, 0.29) is 59.9 Å². The zero-order chi connectivity index (χ0) is 5.86. The molecule has 0 aromatic carbocycles. The van der Waals surface area contributed by atoms with Crippen molar-refractivity contribution in [2.75, 3.05) is 0 Å². The maximum atomic E-state index is 10.2. The Hall–Kier alpha value is 2.32. The Balaban J connectivity index is 0. The van der Waals surface area contributed by atoms with E-state index in [1.807, 2.05) is 0 Å². The van der Waals surface area contributed by atoms with Gasteiger partial charge in [-0.2, -0.15) is 0 Å². The summed E-state index contributed by atoms with van der Waals surface area (Å²) in [6.07, 6.45) is 0. The van der Waals surface area contributed by atoms with Crippen LogP contribution in [0, 0.1) is 0 Å². The second kappa shape index (κ2) is 7.43. The standard InChI is InChI=1S/K.O2Si5/c;1-6(3)5-7(2)4/q+1;. The van der Waals surface area contributed by atoms with E-state index in [2.05, 4.69) is 19.5 Å². The molecule has 0 aliphatic carbocycles. The third kappa shape index (κ3) is 11.2. The first-order valence-corrected chi connectivity index (χ1v) is 10.2. The predicted molar refractivity (Wildman–Crippen MR) is 30.1 cm³/mol. The van der Waals surface area contributed by atoms with Gasteiger partial charge in [0.05, 0.1) is 19.5 Å². The molecule has 0 aliphatic rings. The second-order valence-electron chi connectivity index (χ2n) is 0.783. The molecule has 8 heteroatoms. The molecule has 0 rings (SSSR count). The van der Waals surface area contributed by atoms with E-state index in [0.29, 0.717) is 0 Å². The van der Waals surface area contributed by atoms with Gasteiger partial charge in [0.1, 0.15) is 0 Å². The zero-order valence-electron chi connectivity index (χ0n) is 4.32. The Morgan fingerprint density at radius 2 is 1.38 bits per heavy atom. The summed E-state index contributed by atoms with van der Waals surface area (Å²) in [7, 11) is 2.48. The van der Waals surface area contributed by atoms with Crippen molar-refractivity contribution in [3.63, 3.8) is 0 Å². The SMILES string of the molecule is O=[Si]([Si])[Si][Si](=O)[Si].[K+]. The van der Waals surface area contributed by atoms with Crippen LogP contribution in [0.4, 0.5) is 0 Å². The average molecular weight is 212 g/mol. The van der Waals surface area contributed by atoms with E-state index in [9.17, 15) is 8.92 Å². The molecule has 32 valence electrons. The first kappa shape index (κ1) is 13.0. The van der Waals surface area contributed by atoms with Gasteiger partial charge in [-0.15, -0.1) is 0 Å². The summed E-state index contributed by atoms with van der Waals surface area (Å²) < 4.78 is 20.3. The molecule has 8 heavy (non-hydrogen) atoms. The van der Waals surface area contributed by atoms with Gasteiger partial charge in [-0.1, -0.05) is 0 Å². The molecular formula is KO2Si5+. The monoisotopic (exact) mass is 211 g/mol. The van der Waals surface area contributed by atoms with Crippen LogP contribution in [0.2, 0.25) is 0 Å². The summed E-state index contributed by atoms with van der Waals surface area (Å²) in [4.78, 5) is 0. The van der Waals surface area contributed by atoms with Crippen LogP contribution in [0.5, 0.6) is 0 Å². The fraction of sp³-hybridized carbons (Fsp3) is 0. The van der Waals surface area contributed by atoms with E-state index in [1.165, 1.54) is 0 Å². The molecule has 0 bridgehead atoms. The number of rotatable bonds is 2. The van der Waals surface area contributed by atoms with Crippen molar-refractivity contribution in [1.82, 2.24) is 0 Å². The smallest absolute Gasteiger partial charge is 0.398 e. The third-order valence-electron chi connectivity index (χ3n) is 0.227. The zero-order valence-corrected chi connectivity index (χ0v) is 12.4. The Kier molecular flexibility index (Phi) is 12.0. The summed E-state index contributed by atoms with van der Waals surface area (Å²) in [6, 6.07) is 0. The Labute approximate surface area is 102 Å². The molecule has 0 fully saturated rings. The van der Waals surface area contributed by atoms with Crippen molar-refractivity contribution in [2.24, 2.45) is 0 Å². The second-order valence-corrected chi connectivity index (χ2v) is 13.8. The molecule has 0 N–H and O–H groups in total. The van der Waals surface area contributed by atoms with Crippen LogP contribution in [-0.4, -0.2) is 43.5 Å². The van der Waals surface area contributed by atoms with Crippen LogP contribution in [0.3, 0.4) is 0 Å². The van der Waals surface area contributed by atoms with Gasteiger partial charge in [0.15, 0.2) is 8.55 Å². The summed E-state index contributed by atoms with van der Waals surface area (Å²) in [5.41, 5.74) is 0. The largest absolute Gasteiger partial charge is 1.00 e. The van der Waals surface area contributed by atoms with Crippen molar-refractivity contribution in [2.45, 2.75) is 0 Å². The minimum absolute atomic E-state index is 0. The molecule has 8 radical (unpaired) electrons. The minimum Gasteiger partial charge on any atom is -0.398 e. The van der Waals surface area contributed by atoms with E-state index < -0.39 is 15.4 Å².